The summed E-state index contributed by atoms with van der Waals surface area (Å²) in [6.45, 7) is 12.4. The van der Waals surface area contributed by atoms with Gasteiger partial charge in [-0.25, -0.2) is 29.6 Å². The van der Waals surface area contributed by atoms with Crippen LogP contribution in [0.3, 0.4) is 0 Å². The van der Waals surface area contributed by atoms with Gasteiger partial charge in [-0.2, -0.15) is 10.5 Å². The zero-order valence-electron chi connectivity index (χ0n) is 55.5. The molecular weight excluding hydrogens is 1330 g/mol. The van der Waals surface area contributed by atoms with Crippen LogP contribution in [0, 0.1) is 35.0 Å². The Kier molecular flexibility index (Phi) is 26.9. The molecule has 4 aliphatic carbocycles. The van der Waals surface area contributed by atoms with Gasteiger partial charge in [-0.3, -0.25) is 19.7 Å². The third-order valence-electron chi connectivity index (χ3n) is 17.3. The summed E-state index contributed by atoms with van der Waals surface area (Å²) in [5, 5.41) is 69.6. The zero-order chi connectivity index (χ0) is 70.5. The van der Waals surface area contributed by atoms with Crippen molar-refractivity contribution in [2.24, 2.45) is 5.11 Å². The van der Waals surface area contributed by atoms with E-state index in [1.807, 2.05) is 72.8 Å². The second-order valence-electron chi connectivity index (χ2n) is 25.5. The molecule has 2 aromatic carbocycles. The number of aliphatic hydroxyl groups excluding tert-OH is 1. The minimum atomic E-state index is -1.66. The number of aliphatic hydroxyl groups is 4. The van der Waals surface area contributed by atoms with Gasteiger partial charge in [0, 0.05) is 34.6 Å². The maximum atomic E-state index is 10.6. The van der Waals surface area contributed by atoms with Crippen LogP contribution in [0.15, 0.2) is 149 Å². The van der Waals surface area contributed by atoms with Crippen LogP contribution in [0.5, 0.6) is 0 Å². The Morgan fingerprint density at radius 1 is 0.646 bits per heavy atom. The molecule has 512 valence electrons. The predicted octanol–water partition coefficient (Wildman–Crippen LogP) is 13.2. The second-order valence-corrected chi connectivity index (χ2v) is 31.1. The maximum Gasteiger partial charge on any atom is 0.221 e. The van der Waals surface area contributed by atoms with Crippen molar-refractivity contribution in [3.05, 3.63) is 211 Å². The van der Waals surface area contributed by atoms with Crippen molar-refractivity contribution in [1.82, 2.24) is 54.9 Å². The number of halogens is 1. The number of rotatable bonds is 14. The van der Waals surface area contributed by atoms with Gasteiger partial charge in [0.1, 0.15) is 38.6 Å². The van der Waals surface area contributed by atoms with Crippen molar-refractivity contribution in [2.45, 2.75) is 166 Å². The number of hydrogen-bond donors (Lipinski definition) is 6. The molecule has 0 spiro atoms. The van der Waals surface area contributed by atoms with Gasteiger partial charge in [-0.05, 0) is 189 Å². The normalized spacial score (nSPS) is 14.7. The highest BCUT2D eigenvalue weighted by Gasteiger charge is 2.40. The summed E-state index contributed by atoms with van der Waals surface area (Å²) in [5.41, 5.74) is 28.0. The Balaban J connectivity index is 0.000000178. The van der Waals surface area contributed by atoms with Crippen LogP contribution in [0.2, 0.25) is 18.1 Å². The van der Waals surface area contributed by atoms with Crippen LogP contribution in [0.25, 0.3) is 44.3 Å². The lowest BCUT2D eigenvalue weighted by Gasteiger charge is -2.36. The first-order valence-corrected chi connectivity index (χ1v) is 35.7. The highest BCUT2D eigenvalue weighted by Crippen LogP contribution is 2.42. The zero-order valence-corrected chi connectivity index (χ0v) is 58.0. The number of benzene rings is 2. The van der Waals surface area contributed by atoms with E-state index in [2.05, 4.69) is 128 Å². The Morgan fingerprint density at radius 2 is 1.11 bits per heavy atom. The van der Waals surface area contributed by atoms with Gasteiger partial charge in [0.2, 0.25) is 11.9 Å². The largest absolute Gasteiger partial charge is 0.411 e. The number of nitriles is 2. The van der Waals surface area contributed by atoms with Crippen LogP contribution in [-0.2, 0) is 52.3 Å². The number of carbonyl (C=O) groups excluding carboxylic acids is 1. The van der Waals surface area contributed by atoms with Crippen molar-refractivity contribution in [3.8, 4) is 58.4 Å². The molecule has 99 heavy (non-hydrogen) atoms. The number of ketones is 1. The summed E-state index contributed by atoms with van der Waals surface area (Å²) in [6, 6.07) is 44.2. The monoisotopic (exact) mass is 1410 g/mol. The Hall–Kier alpha value is -10.0. The summed E-state index contributed by atoms with van der Waals surface area (Å²) in [6.07, 6.45) is 17.6. The number of nitrogens with two attached hydrogens (primary N) is 2. The van der Waals surface area contributed by atoms with E-state index in [0.717, 1.165) is 104 Å². The number of nitrogen functional groups attached to an aromatic ring is 2. The van der Waals surface area contributed by atoms with E-state index < -0.39 is 25.1 Å². The van der Waals surface area contributed by atoms with Crippen LogP contribution in [0.4, 0.5) is 11.9 Å². The number of terminal acetylenes is 1. The molecule has 4 saturated carbocycles. The molecule has 7 heterocycles. The van der Waals surface area contributed by atoms with E-state index in [9.17, 15) is 20.1 Å². The lowest BCUT2D eigenvalue weighted by atomic mass is 9.77. The SMILES string of the molecule is C.C#Cc1cc(-c2cccc(C#N)c2)nc(N)n1.CC(C)(C)[Si](C)(C)OCc1cccc(Br)n1.N#Cc1cccc(-c2cc(-c3cn(Cc4cccc(C5(O)CCC5)n4)nn3)nc(N)n2)c1.O=C1CCC1.OCc1cccc(C2(O)CCC2)n1.[N-]=[N+]=NCc1cccc(C2(O)CCC2)n1. The first-order valence-electron chi connectivity index (χ1n) is 32.0. The van der Waals surface area contributed by atoms with Gasteiger partial charge in [-0.15, -0.1) is 11.5 Å². The van der Waals surface area contributed by atoms with Gasteiger partial charge in [0.05, 0.1) is 107 Å². The van der Waals surface area contributed by atoms with E-state index in [1.165, 1.54) is 0 Å². The van der Waals surface area contributed by atoms with Crippen LogP contribution >= 0.6 is 15.9 Å². The Bertz CT molecular complexity index is 4400. The van der Waals surface area contributed by atoms with Gasteiger partial charge < -0.3 is 36.3 Å². The first kappa shape index (κ1) is 76.3. The number of pyridine rings is 4. The molecule has 0 atom stereocenters. The summed E-state index contributed by atoms with van der Waals surface area (Å²) >= 11 is 3.37. The summed E-state index contributed by atoms with van der Waals surface area (Å²) in [4.78, 5) is 46.6. The lowest BCUT2D eigenvalue weighted by Crippen LogP contribution is -2.40. The van der Waals surface area contributed by atoms with Gasteiger partial charge in [0.15, 0.2) is 8.32 Å². The number of carbonyl (C=O) groups is 1. The fraction of sp³-hybridized carbons (Fsp3) is 0.356. The number of aromatic nitrogens is 11. The third-order valence-corrected chi connectivity index (χ3v) is 22.2. The topological polar surface area (TPSA) is 389 Å². The standard InChI is InChI=1S/C23H20N8O.C13H8N4.C12H20BrNOSi.C10H12N4O.C10H13NO2.C4H6O.CH4/c24-12-15-4-1-5-16(10-15)18-11-19(28-22(25)27-18)20-14-31(30-29-20)13-17-6-2-7-21(26-17)23(32)8-3-9-23;1-2-11-7-12(17-13(15)16-11)10-5-3-4-9(6-10)8-14;1-12(2,3)16(4,5)15-9-10-7-6-8-11(13)14-10;11-14-12-7-8-3-1-4-9(13-8)10(15)5-2-6-10;12-7-8-3-1-4-9(11-8)10(13)5-2-6-10;5-4-2-1-3-4;/h1-2,4-7,10-11,14,32H,3,8-9,13H2,(H2,25,27,28);1,3-7H,(H2,15,16,17);6-8H,9H2,1-5H3;1,3-4,15H,2,5-7H2;1,3-4,12-13H,2,5-7H2;1-3H2;1H4. The second kappa shape index (κ2) is 34.9. The molecule has 26 heteroatoms. The Morgan fingerprint density at radius 3 is 1.58 bits per heavy atom. The fourth-order valence-electron chi connectivity index (χ4n) is 9.80. The number of anilines is 2. The van der Waals surface area contributed by atoms with Gasteiger partial charge >= 0.3 is 0 Å². The number of Topliss-reactive ketones (excluding diaryl/α,β-unsaturated/α-hetero) is 1. The molecule has 9 aromatic rings. The molecule has 24 nitrogen and oxygen atoms in total. The first-order chi connectivity index (χ1) is 46.8. The fourth-order valence-corrected chi connectivity index (χ4v) is 11.1. The number of hydrogen-bond acceptors (Lipinski definition) is 21. The van der Waals surface area contributed by atoms with Crippen molar-refractivity contribution < 1.29 is 29.6 Å². The summed E-state index contributed by atoms with van der Waals surface area (Å²) in [7, 11) is -1.66. The van der Waals surface area contributed by atoms with E-state index in [0.29, 0.717) is 87.0 Å². The van der Waals surface area contributed by atoms with E-state index >= 15 is 0 Å². The summed E-state index contributed by atoms with van der Waals surface area (Å²) in [5.74, 6) is 3.08. The highest BCUT2D eigenvalue weighted by atomic mass is 79.9. The molecule has 4 fully saturated rings. The maximum absolute atomic E-state index is 10.6. The molecule has 8 N–H and O–H groups in total. The van der Waals surface area contributed by atoms with Gasteiger partial charge in [0.25, 0.3) is 0 Å². The minimum absolute atomic E-state index is 0. The van der Waals surface area contributed by atoms with Crippen molar-refractivity contribution in [3.63, 3.8) is 0 Å². The molecule has 0 saturated heterocycles. The molecular formula is C73H83BrN18O6Si. The van der Waals surface area contributed by atoms with Crippen LogP contribution < -0.4 is 11.5 Å². The van der Waals surface area contributed by atoms with Crippen LogP contribution in [-0.4, -0.2) is 89.4 Å². The van der Waals surface area contributed by atoms with E-state index in [4.69, 9.17) is 43.5 Å². The molecule has 0 amide bonds. The lowest BCUT2D eigenvalue weighted by molar-refractivity contribution is -0.123. The summed E-state index contributed by atoms with van der Waals surface area (Å²) < 4.78 is 8.62. The highest BCUT2D eigenvalue weighted by molar-refractivity contribution is 9.10. The minimum Gasteiger partial charge on any atom is -0.411 e. The van der Waals surface area contributed by atoms with Gasteiger partial charge in [-0.1, -0.05) is 93.0 Å². The quantitative estimate of drug-likeness (QED) is 0.0147. The molecule has 0 aliphatic heterocycles. The Labute approximate surface area is 586 Å². The average Bonchev–Trinajstić information content (AvgIpc) is 1.64. The molecule has 13 rings (SSSR count). The number of azide groups is 1. The number of nitrogens with zero attached hydrogens (tertiary/aromatic N) is 16. The third kappa shape index (κ3) is 21.5. The molecule has 7 aromatic heterocycles. The van der Waals surface area contributed by atoms with Crippen LogP contribution in [0.1, 0.15) is 162 Å². The molecule has 0 radical (unpaired) electrons. The smallest absolute Gasteiger partial charge is 0.221 e. The average molecular weight is 1420 g/mol. The van der Waals surface area contributed by atoms with E-state index in [-0.39, 0.29) is 37.5 Å². The van der Waals surface area contributed by atoms with Crippen molar-refractivity contribution >= 4 is 41.9 Å². The molecule has 4 aliphatic rings. The van der Waals surface area contributed by atoms with Crippen molar-refractivity contribution in [1.29, 1.82) is 10.5 Å². The van der Waals surface area contributed by atoms with Crippen molar-refractivity contribution in [2.75, 3.05) is 11.5 Å². The molecule has 0 bridgehead atoms. The van der Waals surface area contributed by atoms with E-state index in [1.54, 1.807) is 71.5 Å². The predicted molar refractivity (Wildman–Crippen MR) is 383 cm³/mol. The molecule has 0 unspecified atom stereocenters.